The summed E-state index contributed by atoms with van der Waals surface area (Å²) < 4.78 is 0. The van der Waals surface area contributed by atoms with Crippen molar-refractivity contribution in [2.24, 2.45) is 0 Å². The zero-order valence-corrected chi connectivity index (χ0v) is 11.1. The Labute approximate surface area is 112 Å². The molecule has 1 atom stereocenters. The van der Waals surface area contributed by atoms with Crippen LogP contribution in [0.2, 0.25) is 0 Å². The molecule has 0 bridgehead atoms. The van der Waals surface area contributed by atoms with E-state index in [0.29, 0.717) is 5.56 Å². The SMILES string of the molecule is CCC[C@H](C)NC(=O)/C=C/c1cccc([N+](=O)[O-])c1. The molecular formula is C14H18N2O3. The van der Waals surface area contributed by atoms with E-state index in [4.69, 9.17) is 0 Å². The monoisotopic (exact) mass is 262 g/mol. The lowest BCUT2D eigenvalue weighted by atomic mass is 10.1. The third kappa shape index (κ3) is 5.33. The first-order valence-corrected chi connectivity index (χ1v) is 6.26. The van der Waals surface area contributed by atoms with Gasteiger partial charge < -0.3 is 5.32 Å². The molecule has 0 unspecified atom stereocenters. The molecule has 0 aliphatic carbocycles. The van der Waals surface area contributed by atoms with Crippen molar-refractivity contribution in [3.63, 3.8) is 0 Å². The highest BCUT2D eigenvalue weighted by molar-refractivity contribution is 5.91. The number of hydrogen-bond donors (Lipinski definition) is 1. The molecule has 5 heteroatoms. The summed E-state index contributed by atoms with van der Waals surface area (Å²) in [5, 5.41) is 13.4. The first-order chi connectivity index (χ1) is 9.02. The molecule has 0 saturated heterocycles. The molecule has 1 N–H and O–H groups in total. The van der Waals surface area contributed by atoms with Gasteiger partial charge in [-0.05, 0) is 25.0 Å². The maximum Gasteiger partial charge on any atom is 0.270 e. The lowest BCUT2D eigenvalue weighted by Crippen LogP contribution is -2.30. The van der Waals surface area contributed by atoms with E-state index < -0.39 is 4.92 Å². The molecule has 102 valence electrons. The zero-order chi connectivity index (χ0) is 14.3. The molecule has 0 aromatic heterocycles. The number of rotatable bonds is 6. The van der Waals surface area contributed by atoms with Gasteiger partial charge in [-0.2, -0.15) is 0 Å². The number of nitrogens with zero attached hydrogens (tertiary/aromatic N) is 1. The lowest BCUT2D eigenvalue weighted by Gasteiger charge is -2.10. The average Bonchev–Trinajstić information content (AvgIpc) is 2.37. The number of benzene rings is 1. The second kappa shape index (κ2) is 7.31. The molecule has 1 aromatic carbocycles. The van der Waals surface area contributed by atoms with Crippen molar-refractivity contribution in [2.45, 2.75) is 32.7 Å². The summed E-state index contributed by atoms with van der Waals surface area (Å²) >= 11 is 0. The molecule has 0 saturated carbocycles. The van der Waals surface area contributed by atoms with E-state index in [1.807, 2.05) is 6.92 Å². The molecule has 1 aromatic rings. The van der Waals surface area contributed by atoms with E-state index in [1.54, 1.807) is 18.2 Å². The Morgan fingerprint density at radius 3 is 2.89 bits per heavy atom. The molecule has 5 nitrogen and oxygen atoms in total. The molecule has 0 aliphatic heterocycles. The predicted molar refractivity (Wildman–Crippen MR) is 74.6 cm³/mol. The fourth-order valence-corrected chi connectivity index (χ4v) is 1.71. The van der Waals surface area contributed by atoms with E-state index in [2.05, 4.69) is 12.2 Å². The van der Waals surface area contributed by atoms with Crippen LogP contribution >= 0.6 is 0 Å². The molecule has 19 heavy (non-hydrogen) atoms. The first-order valence-electron chi connectivity index (χ1n) is 6.26. The fourth-order valence-electron chi connectivity index (χ4n) is 1.71. The van der Waals surface area contributed by atoms with Crippen LogP contribution in [0.4, 0.5) is 5.69 Å². The van der Waals surface area contributed by atoms with Crippen molar-refractivity contribution in [3.05, 3.63) is 46.0 Å². The van der Waals surface area contributed by atoms with E-state index in [9.17, 15) is 14.9 Å². The molecule has 1 amide bonds. The van der Waals surface area contributed by atoms with Crippen LogP contribution in [-0.4, -0.2) is 16.9 Å². The molecule has 1 rings (SSSR count). The Morgan fingerprint density at radius 1 is 1.53 bits per heavy atom. The van der Waals surface area contributed by atoms with Crippen LogP contribution in [0.1, 0.15) is 32.3 Å². The minimum atomic E-state index is -0.458. The van der Waals surface area contributed by atoms with Gasteiger partial charge in [0.25, 0.3) is 5.69 Å². The second-order valence-electron chi connectivity index (χ2n) is 4.38. The fraction of sp³-hybridized carbons (Fsp3) is 0.357. The van der Waals surface area contributed by atoms with Gasteiger partial charge in [0, 0.05) is 24.3 Å². The maximum atomic E-state index is 11.6. The number of carbonyl (C=O) groups is 1. The van der Waals surface area contributed by atoms with Gasteiger partial charge in [0.1, 0.15) is 0 Å². The van der Waals surface area contributed by atoms with Crippen molar-refractivity contribution in [3.8, 4) is 0 Å². The quantitative estimate of drug-likeness (QED) is 0.486. The normalized spacial score (nSPS) is 12.3. The molecule has 0 radical (unpaired) electrons. The lowest BCUT2D eigenvalue weighted by molar-refractivity contribution is -0.384. The Hall–Kier alpha value is -2.17. The maximum absolute atomic E-state index is 11.6. The van der Waals surface area contributed by atoms with Crippen LogP contribution in [0.5, 0.6) is 0 Å². The average molecular weight is 262 g/mol. The van der Waals surface area contributed by atoms with Gasteiger partial charge in [-0.25, -0.2) is 0 Å². The van der Waals surface area contributed by atoms with Crippen molar-refractivity contribution in [1.82, 2.24) is 5.32 Å². The highest BCUT2D eigenvalue weighted by Crippen LogP contribution is 2.13. The first kappa shape index (κ1) is 14.9. The summed E-state index contributed by atoms with van der Waals surface area (Å²) in [6.07, 6.45) is 4.90. The van der Waals surface area contributed by atoms with Crippen LogP contribution in [0, 0.1) is 10.1 Å². The zero-order valence-electron chi connectivity index (χ0n) is 11.1. The molecule has 0 heterocycles. The summed E-state index contributed by atoms with van der Waals surface area (Å²) in [6.45, 7) is 4.00. The number of hydrogen-bond acceptors (Lipinski definition) is 3. The molecule has 0 fully saturated rings. The minimum absolute atomic E-state index is 0.0157. The minimum Gasteiger partial charge on any atom is -0.350 e. The Kier molecular flexibility index (Phi) is 5.73. The number of nitro groups is 1. The molecular weight excluding hydrogens is 244 g/mol. The predicted octanol–water partition coefficient (Wildman–Crippen LogP) is 2.91. The van der Waals surface area contributed by atoms with Crippen LogP contribution in [0.3, 0.4) is 0 Å². The number of amides is 1. The van der Waals surface area contributed by atoms with Crippen molar-refractivity contribution < 1.29 is 9.72 Å². The number of non-ortho nitro benzene ring substituents is 1. The Balaban J connectivity index is 2.63. The molecule has 0 spiro atoms. The van der Waals surface area contributed by atoms with Gasteiger partial charge in [0.15, 0.2) is 0 Å². The van der Waals surface area contributed by atoms with Crippen molar-refractivity contribution >= 4 is 17.7 Å². The van der Waals surface area contributed by atoms with E-state index in [0.717, 1.165) is 12.8 Å². The van der Waals surface area contributed by atoms with Gasteiger partial charge in [-0.3, -0.25) is 14.9 Å². The molecule has 0 aliphatic rings. The number of nitrogens with one attached hydrogen (secondary N) is 1. The number of carbonyl (C=O) groups excluding carboxylic acids is 1. The summed E-state index contributed by atoms with van der Waals surface area (Å²) in [5.74, 6) is -0.188. The highest BCUT2D eigenvalue weighted by Gasteiger charge is 2.05. The summed E-state index contributed by atoms with van der Waals surface area (Å²) in [5.41, 5.74) is 0.648. The van der Waals surface area contributed by atoms with Gasteiger partial charge in [-0.15, -0.1) is 0 Å². The van der Waals surface area contributed by atoms with Gasteiger partial charge in [0.05, 0.1) is 4.92 Å². The Bertz CT molecular complexity index is 483. The summed E-state index contributed by atoms with van der Waals surface area (Å²) in [4.78, 5) is 21.7. The second-order valence-corrected chi connectivity index (χ2v) is 4.38. The third-order valence-corrected chi connectivity index (χ3v) is 2.62. The standard InChI is InChI=1S/C14H18N2O3/c1-3-5-11(2)15-14(17)9-8-12-6-4-7-13(10-12)16(18)19/h4,6-11H,3,5H2,1-2H3,(H,15,17)/b9-8+/t11-/m0/s1. The van der Waals surface area contributed by atoms with Crippen LogP contribution < -0.4 is 5.32 Å². The Morgan fingerprint density at radius 2 is 2.26 bits per heavy atom. The van der Waals surface area contributed by atoms with Gasteiger partial charge in [0.2, 0.25) is 5.91 Å². The third-order valence-electron chi connectivity index (χ3n) is 2.62. The van der Waals surface area contributed by atoms with Gasteiger partial charge in [-0.1, -0.05) is 25.5 Å². The van der Waals surface area contributed by atoms with Crippen LogP contribution in [0.15, 0.2) is 30.3 Å². The summed E-state index contributed by atoms with van der Waals surface area (Å²) in [6, 6.07) is 6.29. The van der Waals surface area contributed by atoms with E-state index in [1.165, 1.54) is 18.2 Å². The van der Waals surface area contributed by atoms with E-state index in [-0.39, 0.29) is 17.6 Å². The smallest absolute Gasteiger partial charge is 0.270 e. The van der Waals surface area contributed by atoms with Crippen LogP contribution in [0.25, 0.3) is 6.08 Å². The number of nitro benzene ring substituents is 1. The topological polar surface area (TPSA) is 72.2 Å². The van der Waals surface area contributed by atoms with Crippen LogP contribution in [-0.2, 0) is 4.79 Å². The van der Waals surface area contributed by atoms with Crippen molar-refractivity contribution in [2.75, 3.05) is 0 Å². The highest BCUT2D eigenvalue weighted by atomic mass is 16.6. The van der Waals surface area contributed by atoms with Crippen molar-refractivity contribution in [1.29, 1.82) is 0 Å². The van der Waals surface area contributed by atoms with Gasteiger partial charge >= 0.3 is 0 Å². The largest absolute Gasteiger partial charge is 0.350 e. The van der Waals surface area contributed by atoms with E-state index >= 15 is 0 Å². The summed E-state index contributed by atoms with van der Waals surface area (Å²) in [7, 11) is 0.